The van der Waals surface area contributed by atoms with Crippen LogP contribution in [0.25, 0.3) is 0 Å². The Morgan fingerprint density at radius 2 is 1.77 bits per heavy atom. The summed E-state index contributed by atoms with van der Waals surface area (Å²) in [6.07, 6.45) is 1.22. The van der Waals surface area contributed by atoms with Gasteiger partial charge in [0.1, 0.15) is 11.4 Å². The first kappa shape index (κ1) is 21.1. The van der Waals surface area contributed by atoms with Crippen LogP contribution in [0, 0.1) is 0 Å². The Labute approximate surface area is 182 Å². The zero-order valence-corrected chi connectivity index (χ0v) is 18.0. The molecule has 1 fully saturated rings. The molecule has 31 heavy (non-hydrogen) atoms. The van der Waals surface area contributed by atoms with Gasteiger partial charge in [-0.3, -0.25) is 9.69 Å². The molecular formula is C25H28N2O4. The maximum Gasteiger partial charge on any atom is 0.335 e. The van der Waals surface area contributed by atoms with E-state index in [9.17, 15) is 9.59 Å². The Bertz CT molecular complexity index is 992. The molecule has 1 saturated heterocycles. The van der Waals surface area contributed by atoms with Crippen LogP contribution < -0.4 is 10.1 Å². The van der Waals surface area contributed by atoms with Crippen molar-refractivity contribution in [1.82, 2.24) is 10.2 Å². The molecule has 0 atom stereocenters. The van der Waals surface area contributed by atoms with E-state index in [4.69, 9.17) is 9.47 Å². The first-order chi connectivity index (χ1) is 15.0. The van der Waals surface area contributed by atoms with Crippen molar-refractivity contribution in [1.29, 1.82) is 0 Å². The largest absolute Gasteiger partial charge is 0.496 e. The molecule has 0 aliphatic carbocycles. The van der Waals surface area contributed by atoms with E-state index in [1.807, 2.05) is 42.5 Å². The van der Waals surface area contributed by atoms with Crippen LogP contribution in [-0.2, 0) is 27.4 Å². The standard InChI is InChI=1S/C25H28N2O4/c1-18-22(23(28)26-16-20-10-6-7-11-21(20)30-2)25(31-24(18)29)12-14-27(15-13-25)17-19-8-4-3-5-9-19/h3-11H,12-17H2,1-2H3,(H,26,28). The maximum absolute atomic E-state index is 13.2. The maximum atomic E-state index is 13.2. The molecule has 2 heterocycles. The van der Waals surface area contributed by atoms with E-state index in [1.165, 1.54) is 5.56 Å². The van der Waals surface area contributed by atoms with Gasteiger partial charge in [-0.25, -0.2) is 4.79 Å². The second-order valence-electron chi connectivity index (χ2n) is 8.14. The lowest BCUT2D eigenvalue weighted by molar-refractivity contribution is -0.151. The average Bonchev–Trinajstić information content (AvgIpc) is 3.04. The van der Waals surface area contributed by atoms with Crippen molar-refractivity contribution in [3.8, 4) is 5.75 Å². The van der Waals surface area contributed by atoms with Crippen molar-refractivity contribution in [3.05, 3.63) is 76.9 Å². The Balaban J connectivity index is 1.45. The third-order valence-corrected chi connectivity index (χ3v) is 6.20. The number of methoxy groups -OCH3 is 1. The molecule has 2 aliphatic heterocycles. The fourth-order valence-corrected chi connectivity index (χ4v) is 4.50. The quantitative estimate of drug-likeness (QED) is 0.727. The first-order valence-corrected chi connectivity index (χ1v) is 10.6. The number of likely N-dealkylation sites (tertiary alicyclic amines) is 1. The van der Waals surface area contributed by atoms with E-state index in [1.54, 1.807) is 14.0 Å². The summed E-state index contributed by atoms with van der Waals surface area (Å²) in [5.74, 6) is 0.0842. The van der Waals surface area contributed by atoms with Crippen LogP contribution in [0.15, 0.2) is 65.7 Å². The van der Waals surface area contributed by atoms with Gasteiger partial charge in [0.25, 0.3) is 5.91 Å². The van der Waals surface area contributed by atoms with Crippen molar-refractivity contribution < 1.29 is 19.1 Å². The number of nitrogens with zero attached hydrogens (tertiary/aromatic N) is 1. The minimum atomic E-state index is -0.834. The van der Waals surface area contributed by atoms with E-state index >= 15 is 0 Å². The van der Waals surface area contributed by atoms with Crippen molar-refractivity contribution in [2.45, 2.75) is 38.5 Å². The van der Waals surface area contributed by atoms with E-state index < -0.39 is 5.60 Å². The highest BCUT2D eigenvalue weighted by Crippen LogP contribution is 2.41. The topological polar surface area (TPSA) is 67.9 Å². The van der Waals surface area contributed by atoms with Crippen molar-refractivity contribution in [2.75, 3.05) is 20.2 Å². The van der Waals surface area contributed by atoms with Gasteiger partial charge >= 0.3 is 5.97 Å². The highest BCUT2D eigenvalue weighted by molar-refractivity contribution is 6.07. The number of nitrogens with one attached hydrogen (secondary N) is 1. The first-order valence-electron chi connectivity index (χ1n) is 10.6. The van der Waals surface area contributed by atoms with Gasteiger partial charge in [0, 0.05) is 50.2 Å². The molecule has 1 spiro atoms. The Kier molecular flexibility index (Phi) is 6.09. The molecule has 0 unspecified atom stereocenters. The summed E-state index contributed by atoms with van der Waals surface area (Å²) in [5.41, 5.74) is 2.19. The average molecular weight is 421 g/mol. The molecule has 6 nitrogen and oxygen atoms in total. The summed E-state index contributed by atoms with van der Waals surface area (Å²) < 4.78 is 11.2. The molecule has 0 saturated carbocycles. The third-order valence-electron chi connectivity index (χ3n) is 6.20. The number of benzene rings is 2. The molecule has 6 heteroatoms. The van der Waals surface area contributed by atoms with Gasteiger partial charge in [-0.2, -0.15) is 0 Å². The number of hydrogen-bond donors (Lipinski definition) is 1. The molecule has 2 aromatic carbocycles. The third kappa shape index (κ3) is 4.35. The smallest absolute Gasteiger partial charge is 0.335 e. The molecule has 162 valence electrons. The minimum Gasteiger partial charge on any atom is -0.496 e. The Morgan fingerprint density at radius 1 is 1.10 bits per heavy atom. The van der Waals surface area contributed by atoms with Crippen LogP contribution in [-0.4, -0.2) is 42.6 Å². The van der Waals surface area contributed by atoms with Gasteiger partial charge in [0.05, 0.1) is 12.7 Å². The van der Waals surface area contributed by atoms with E-state index in [2.05, 4.69) is 22.3 Å². The van der Waals surface area contributed by atoms with E-state index in [0.717, 1.165) is 30.9 Å². The van der Waals surface area contributed by atoms with Crippen molar-refractivity contribution in [2.24, 2.45) is 0 Å². The fourth-order valence-electron chi connectivity index (χ4n) is 4.50. The fraction of sp³-hybridized carbons (Fsp3) is 0.360. The predicted molar refractivity (Wildman–Crippen MR) is 117 cm³/mol. The van der Waals surface area contributed by atoms with E-state index in [-0.39, 0.29) is 11.9 Å². The normalized spacial score (nSPS) is 18.2. The van der Waals surface area contributed by atoms with Crippen LogP contribution in [0.2, 0.25) is 0 Å². The van der Waals surface area contributed by atoms with Crippen LogP contribution in [0.5, 0.6) is 5.75 Å². The van der Waals surface area contributed by atoms with Crippen LogP contribution >= 0.6 is 0 Å². The van der Waals surface area contributed by atoms with Gasteiger partial charge in [-0.15, -0.1) is 0 Å². The lowest BCUT2D eigenvalue weighted by Gasteiger charge is -2.39. The summed E-state index contributed by atoms with van der Waals surface area (Å²) in [6, 6.07) is 17.9. The summed E-state index contributed by atoms with van der Waals surface area (Å²) >= 11 is 0. The number of rotatable bonds is 6. The second-order valence-corrected chi connectivity index (χ2v) is 8.14. The number of esters is 1. The molecule has 0 bridgehead atoms. The number of hydrogen-bond acceptors (Lipinski definition) is 5. The monoisotopic (exact) mass is 420 g/mol. The molecule has 0 aromatic heterocycles. The zero-order chi connectivity index (χ0) is 21.8. The zero-order valence-electron chi connectivity index (χ0n) is 18.0. The lowest BCUT2D eigenvalue weighted by Crippen LogP contribution is -2.48. The molecule has 1 N–H and O–H groups in total. The van der Waals surface area contributed by atoms with E-state index in [0.29, 0.717) is 30.5 Å². The second kappa shape index (κ2) is 8.94. The summed E-state index contributed by atoms with van der Waals surface area (Å²) in [7, 11) is 1.61. The van der Waals surface area contributed by atoms with Crippen LogP contribution in [0.1, 0.15) is 30.9 Å². The number of piperidine rings is 1. The Morgan fingerprint density at radius 3 is 2.48 bits per heavy atom. The van der Waals surface area contributed by atoms with Gasteiger partial charge in [0.15, 0.2) is 0 Å². The van der Waals surface area contributed by atoms with Gasteiger partial charge < -0.3 is 14.8 Å². The Hall–Kier alpha value is -3.12. The molecular weight excluding hydrogens is 392 g/mol. The lowest BCUT2D eigenvalue weighted by atomic mass is 9.82. The minimum absolute atomic E-state index is 0.245. The number of amides is 1. The summed E-state index contributed by atoms with van der Waals surface area (Å²) in [4.78, 5) is 27.9. The molecule has 1 amide bonds. The molecule has 2 aromatic rings. The van der Waals surface area contributed by atoms with Gasteiger partial charge in [-0.05, 0) is 18.6 Å². The van der Waals surface area contributed by atoms with Crippen molar-refractivity contribution in [3.63, 3.8) is 0 Å². The summed E-state index contributed by atoms with van der Waals surface area (Å²) in [5, 5.41) is 2.97. The highest BCUT2D eigenvalue weighted by Gasteiger charge is 2.50. The predicted octanol–water partition coefficient (Wildman–Crippen LogP) is 3.22. The SMILES string of the molecule is COc1ccccc1CNC(=O)C1=C(C)C(=O)OC12CCN(Cc1ccccc1)CC2. The van der Waals surface area contributed by atoms with Crippen molar-refractivity contribution >= 4 is 11.9 Å². The van der Waals surface area contributed by atoms with Gasteiger partial charge in [-0.1, -0.05) is 48.5 Å². The molecule has 2 aliphatic rings. The van der Waals surface area contributed by atoms with Crippen LogP contribution in [0.3, 0.4) is 0 Å². The number of carbonyl (C=O) groups is 2. The number of carbonyl (C=O) groups excluding carboxylic acids is 2. The molecule has 4 rings (SSSR count). The van der Waals surface area contributed by atoms with Crippen LogP contribution in [0.4, 0.5) is 0 Å². The number of ether oxygens (including phenoxy) is 2. The van der Waals surface area contributed by atoms with Gasteiger partial charge in [0.2, 0.25) is 0 Å². The molecule has 0 radical (unpaired) electrons. The highest BCUT2D eigenvalue weighted by atomic mass is 16.6. The number of para-hydroxylation sites is 1. The summed E-state index contributed by atoms with van der Waals surface area (Å²) in [6.45, 7) is 4.38.